The van der Waals surface area contributed by atoms with Crippen LogP contribution in [0.3, 0.4) is 0 Å². The summed E-state index contributed by atoms with van der Waals surface area (Å²) in [4.78, 5) is 7.65. The van der Waals surface area contributed by atoms with Crippen molar-refractivity contribution in [3.8, 4) is 0 Å². The Morgan fingerprint density at radius 2 is 1.04 bits per heavy atom. The first-order chi connectivity index (χ1) is 13.2. The summed E-state index contributed by atoms with van der Waals surface area (Å²) in [5.41, 5.74) is 12.0. The fraction of sp³-hybridized carbons (Fsp3) is 0. The number of nitrogen functional groups attached to an aromatic ring is 2. The number of sulfonamides is 2. The van der Waals surface area contributed by atoms with Gasteiger partial charge in [0.2, 0.25) is 5.95 Å². The van der Waals surface area contributed by atoms with E-state index in [0.29, 0.717) is 11.4 Å². The highest BCUT2D eigenvalue weighted by Gasteiger charge is 2.17. The van der Waals surface area contributed by atoms with Gasteiger partial charge >= 0.3 is 0 Å². The highest BCUT2D eigenvalue weighted by molar-refractivity contribution is 7.93. The summed E-state index contributed by atoms with van der Waals surface area (Å²) in [6, 6.07) is 11.2. The summed E-state index contributed by atoms with van der Waals surface area (Å²) in [6.45, 7) is 0. The van der Waals surface area contributed by atoms with Gasteiger partial charge in [-0.15, -0.1) is 0 Å². The molecule has 0 unspecified atom stereocenters. The van der Waals surface area contributed by atoms with E-state index in [9.17, 15) is 16.8 Å². The van der Waals surface area contributed by atoms with Crippen molar-refractivity contribution in [1.29, 1.82) is 0 Å². The lowest BCUT2D eigenvalue weighted by molar-refractivity contribution is 0.599. The van der Waals surface area contributed by atoms with E-state index in [2.05, 4.69) is 19.4 Å². The number of hydrogen-bond donors (Lipinski definition) is 4. The molecule has 0 radical (unpaired) electrons. The summed E-state index contributed by atoms with van der Waals surface area (Å²) < 4.78 is 53.7. The molecule has 0 amide bonds. The van der Waals surface area contributed by atoms with E-state index < -0.39 is 20.0 Å². The summed E-state index contributed by atoms with van der Waals surface area (Å²) in [5.74, 6) is -0.216. The number of rotatable bonds is 6. The second-order valence-corrected chi connectivity index (χ2v) is 9.01. The zero-order valence-corrected chi connectivity index (χ0v) is 15.9. The van der Waals surface area contributed by atoms with Crippen LogP contribution in [-0.4, -0.2) is 26.8 Å². The minimum Gasteiger partial charge on any atom is -0.399 e. The van der Waals surface area contributed by atoms with Crippen molar-refractivity contribution in [1.82, 2.24) is 9.97 Å². The van der Waals surface area contributed by atoms with E-state index in [1.54, 1.807) is 0 Å². The number of benzene rings is 2. The lowest BCUT2D eigenvalue weighted by Gasteiger charge is -2.09. The first-order valence-electron chi connectivity index (χ1n) is 7.74. The average molecular weight is 420 g/mol. The van der Waals surface area contributed by atoms with Crippen molar-refractivity contribution in [2.75, 3.05) is 20.9 Å². The maximum atomic E-state index is 12.3. The fourth-order valence-electron chi connectivity index (χ4n) is 2.12. The van der Waals surface area contributed by atoms with E-state index in [0.717, 1.165) is 12.4 Å². The Morgan fingerprint density at radius 3 is 1.46 bits per heavy atom. The normalized spacial score (nSPS) is 11.7. The molecule has 12 heteroatoms. The largest absolute Gasteiger partial charge is 0.399 e. The molecule has 146 valence electrons. The number of aromatic nitrogens is 2. The molecule has 3 rings (SSSR count). The van der Waals surface area contributed by atoms with Crippen LogP contribution in [-0.2, 0) is 20.0 Å². The Kier molecular flexibility index (Phi) is 5.07. The Morgan fingerprint density at radius 1 is 0.643 bits per heavy atom. The van der Waals surface area contributed by atoms with Gasteiger partial charge in [0.25, 0.3) is 20.0 Å². The van der Waals surface area contributed by atoms with Crippen molar-refractivity contribution in [2.24, 2.45) is 0 Å². The topological polar surface area (TPSA) is 170 Å². The average Bonchev–Trinajstić information content (AvgIpc) is 2.64. The van der Waals surface area contributed by atoms with Gasteiger partial charge in [-0.25, -0.2) is 31.5 Å². The number of nitrogens with one attached hydrogen (secondary N) is 2. The molecular formula is C16H16N6O4S2. The van der Waals surface area contributed by atoms with Gasteiger partial charge in [0.05, 0.1) is 27.9 Å². The molecule has 3 aromatic rings. The van der Waals surface area contributed by atoms with Crippen LogP contribution in [0.25, 0.3) is 0 Å². The van der Waals surface area contributed by atoms with Crippen molar-refractivity contribution in [2.45, 2.75) is 9.79 Å². The quantitative estimate of drug-likeness (QED) is 0.431. The molecule has 0 fully saturated rings. The first kappa shape index (κ1) is 19.4. The molecule has 1 aromatic heterocycles. The molecule has 0 saturated heterocycles. The summed E-state index contributed by atoms with van der Waals surface area (Å²) in [7, 11) is -7.77. The van der Waals surface area contributed by atoms with E-state index in [-0.39, 0.29) is 21.4 Å². The third kappa shape index (κ3) is 4.47. The molecule has 0 aliphatic heterocycles. The molecule has 1 heterocycles. The van der Waals surface area contributed by atoms with Gasteiger partial charge in [-0.3, -0.25) is 4.72 Å². The minimum absolute atomic E-state index is 0.00910. The second kappa shape index (κ2) is 7.32. The Labute approximate surface area is 161 Å². The van der Waals surface area contributed by atoms with Gasteiger partial charge in [-0.2, -0.15) is 0 Å². The molecule has 0 atom stereocenters. The van der Waals surface area contributed by atoms with Gasteiger partial charge in [0.1, 0.15) is 0 Å². The standard InChI is InChI=1S/C16H16N6O4S2/c17-11-1-5-14(6-2-11)27(23,24)21-13-9-19-16(20-10-13)22-28(25,26)15-7-3-12(18)4-8-15/h1-10,21H,17-18H2,(H,19,20,22). The van der Waals surface area contributed by atoms with Crippen LogP contribution in [0.4, 0.5) is 23.0 Å². The van der Waals surface area contributed by atoms with E-state index >= 15 is 0 Å². The van der Waals surface area contributed by atoms with E-state index in [1.807, 2.05) is 0 Å². The van der Waals surface area contributed by atoms with Gasteiger partial charge in [-0.1, -0.05) is 0 Å². The molecular weight excluding hydrogens is 404 g/mol. The number of hydrogen-bond acceptors (Lipinski definition) is 8. The smallest absolute Gasteiger partial charge is 0.264 e. The molecule has 6 N–H and O–H groups in total. The van der Waals surface area contributed by atoms with Gasteiger partial charge in [-0.05, 0) is 48.5 Å². The maximum Gasteiger partial charge on any atom is 0.264 e. The summed E-state index contributed by atoms with van der Waals surface area (Å²) in [5, 5.41) is 0. The molecule has 0 aliphatic rings. The SMILES string of the molecule is Nc1ccc(S(=O)(=O)Nc2cnc(NS(=O)(=O)c3ccc(N)cc3)nc2)cc1. The van der Waals surface area contributed by atoms with Crippen LogP contribution < -0.4 is 20.9 Å². The summed E-state index contributed by atoms with van der Waals surface area (Å²) >= 11 is 0. The Bertz CT molecular complexity index is 1080. The maximum absolute atomic E-state index is 12.3. The molecule has 10 nitrogen and oxygen atoms in total. The zero-order chi connectivity index (χ0) is 20.4. The Balaban J connectivity index is 1.74. The lowest BCUT2D eigenvalue weighted by Crippen LogP contribution is -2.16. The van der Waals surface area contributed by atoms with Gasteiger partial charge in [0, 0.05) is 11.4 Å². The fourth-order valence-corrected chi connectivity index (χ4v) is 4.11. The highest BCUT2D eigenvalue weighted by Crippen LogP contribution is 2.18. The van der Waals surface area contributed by atoms with Crippen molar-refractivity contribution >= 4 is 43.1 Å². The molecule has 0 spiro atoms. The molecule has 0 aliphatic carbocycles. The van der Waals surface area contributed by atoms with Crippen LogP contribution >= 0.6 is 0 Å². The number of anilines is 4. The van der Waals surface area contributed by atoms with Crippen LogP contribution in [0.15, 0.2) is 70.7 Å². The van der Waals surface area contributed by atoms with Gasteiger partial charge in [0.15, 0.2) is 0 Å². The molecule has 0 bridgehead atoms. The molecule has 2 aromatic carbocycles. The monoisotopic (exact) mass is 420 g/mol. The van der Waals surface area contributed by atoms with Crippen LogP contribution in [0.2, 0.25) is 0 Å². The van der Waals surface area contributed by atoms with E-state index in [1.165, 1.54) is 48.5 Å². The highest BCUT2D eigenvalue weighted by atomic mass is 32.2. The van der Waals surface area contributed by atoms with Gasteiger partial charge < -0.3 is 11.5 Å². The lowest BCUT2D eigenvalue weighted by atomic mass is 10.3. The predicted octanol–water partition coefficient (Wildman–Crippen LogP) is 1.24. The molecule has 0 saturated carbocycles. The van der Waals surface area contributed by atoms with Crippen LogP contribution in [0, 0.1) is 0 Å². The minimum atomic E-state index is -3.91. The Hall–Kier alpha value is -3.38. The van der Waals surface area contributed by atoms with E-state index in [4.69, 9.17) is 11.5 Å². The van der Waals surface area contributed by atoms with Crippen LogP contribution in [0.5, 0.6) is 0 Å². The summed E-state index contributed by atoms with van der Waals surface area (Å²) in [6.07, 6.45) is 2.28. The third-order valence-corrected chi connectivity index (χ3v) is 6.25. The van der Waals surface area contributed by atoms with Crippen molar-refractivity contribution in [3.63, 3.8) is 0 Å². The second-order valence-electron chi connectivity index (χ2n) is 5.64. The van der Waals surface area contributed by atoms with Crippen LogP contribution in [0.1, 0.15) is 0 Å². The predicted molar refractivity (Wildman–Crippen MR) is 105 cm³/mol. The van der Waals surface area contributed by atoms with Crippen molar-refractivity contribution < 1.29 is 16.8 Å². The van der Waals surface area contributed by atoms with Crippen molar-refractivity contribution in [3.05, 3.63) is 60.9 Å². The first-order valence-corrected chi connectivity index (χ1v) is 10.7. The molecule has 28 heavy (non-hydrogen) atoms. The number of nitrogens with two attached hydrogens (primary N) is 2. The number of nitrogens with zero attached hydrogens (tertiary/aromatic N) is 2. The zero-order valence-electron chi connectivity index (χ0n) is 14.3. The third-order valence-electron chi connectivity index (χ3n) is 3.51.